The van der Waals surface area contributed by atoms with E-state index >= 15 is 0 Å². The van der Waals surface area contributed by atoms with Crippen molar-refractivity contribution < 1.29 is 14.7 Å². The number of fused-ring (bicyclic) bond motifs is 7. The molecule has 0 aromatic carbocycles. The van der Waals surface area contributed by atoms with Gasteiger partial charge in [-0.15, -0.1) is 0 Å². The number of allylic oxidation sites excluding steroid dienone is 2. The summed E-state index contributed by atoms with van der Waals surface area (Å²) in [6.45, 7) is 14.5. The third-order valence-electron chi connectivity index (χ3n) is 12.5. The molecule has 3 heteroatoms. The molecule has 0 aromatic heterocycles. The number of hydrogen-bond donors (Lipinski definition) is 1. The maximum Gasteiger partial charge on any atom is 0.310 e. The van der Waals surface area contributed by atoms with Gasteiger partial charge in [0.05, 0.1) is 10.8 Å². The number of hydrogen-bond acceptors (Lipinski definition) is 2. The molecule has 33 heavy (non-hydrogen) atoms. The Morgan fingerprint density at radius 3 is 2.30 bits per heavy atom. The van der Waals surface area contributed by atoms with Crippen molar-refractivity contribution in [2.24, 2.45) is 50.2 Å². The zero-order chi connectivity index (χ0) is 24.1. The SMILES string of the molecule is CC1(C)CC[C@]2(C(=O)O)CC[C@]3(C=O)C(=CC[C@@H]4[C@@]5(C)CCCC(C)(C)C5CC[C@]43C)[C@H]2C1. The molecule has 0 saturated heterocycles. The van der Waals surface area contributed by atoms with E-state index in [-0.39, 0.29) is 22.2 Å². The van der Waals surface area contributed by atoms with Crippen LogP contribution >= 0.6 is 0 Å². The molecule has 3 nitrogen and oxygen atoms in total. The topological polar surface area (TPSA) is 54.4 Å². The lowest BCUT2D eigenvalue weighted by molar-refractivity contribution is -0.189. The molecule has 0 spiro atoms. The summed E-state index contributed by atoms with van der Waals surface area (Å²) in [6.07, 6.45) is 14.9. The summed E-state index contributed by atoms with van der Waals surface area (Å²) in [5.74, 6) is 0.598. The first kappa shape index (κ1) is 23.6. The van der Waals surface area contributed by atoms with Crippen molar-refractivity contribution in [1.29, 1.82) is 0 Å². The lowest BCUT2D eigenvalue weighted by Crippen LogP contribution is -2.65. The lowest BCUT2D eigenvalue weighted by atomic mass is 9.33. The van der Waals surface area contributed by atoms with Crippen LogP contribution in [0.3, 0.4) is 0 Å². The van der Waals surface area contributed by atoms with E-state index in [0.29, 0.717) is 23.7 Å². The van der Waals surface area contributed by atoms with Crippen molar-refractivity contribution in [3.63, 3.8) is 0 Å². The molecule has 5 aliphatic carbocycles. The lowest BCUT2D eigenvalue weighted by Gasteiger charge is -2.70. The number of carboxylic acid groups (broad SMARTS) is 1. The van der Waals surface area contributed by atoms with Gasteiger partial charge in [-0.05, 0) is 104 Å². The molecule has 1 unspecified atom stereocenters. The third kappa shape index (κ3) is 2.86. The minimum absolute atomic E-state index is 0.00352. The van der Waals surface area contributed by atoms with Crippen molar-refractivity contribution in [3.05, 3.63) is 11.6 Å². The number of aliphatic carboxylic acids is 1. The van der Waals surface area contributed by atoms with Crippen molar-refractivity contribution in [3.8, 4) is 0 Å². The molecule has 0 radical (unpaired) electrons. The molecule has 5 rings (SSSR count). The second-order valence-electron chi connectivity index (χ2n) is 14.8. The van der Waals surface area contributed by atoms with E-state index in [9.17, 15) is 14.7 Å². The Morgan fingerprint density at radius 1 is 0.939 bits per heavy atom. The van der Waals surface area contributed by atoms with Crippen LogP contribution in [0.15, 0.2) is 11.6 Å². The molecule has 0 amide bonds. The van der Waals surface area contributed by atoms with E-state index in [1.165, 1.54) is 37.5 Å². The van der Waals surface area contributed by atoms with Gasteiger partial charge in [0.15, 0.2) is 0 Å². The van der Waals surface area contributed by atoms with E-state index in [1.807, 2.05) is 0 Å². The summed E-state index contributed by atoms with van der Waals surface area (Å²) in [5.41, 5.74) is 0.767. The molecule has 4 fully saturated rings. The predicted molar refractivity (Wildman–Crippen MR) is 132 cm³/mol. The number of carbonyl (C=O) groups excluding carboxylic acids is 1. The van der Waals surface area contributed by atoms with Crippen LogP contribution in [-0.4, -0.2) is 17.4 Å². The molecule has 4 saturated carbocycles. The van der Waals surface area contributed by atoms with Gasteiger partial charge in [-0.1, -0.05) is 59.6 Å². The smallest absolute Gasteiger partial charge is 0.310 e. The van der Waals surface area contributed by atoms with Crippen molar-refractivity contribution in [2.75, 3.05) is 0 Å². The largest absolute Gasteiger partial charge is 0.481 e. The average molecular weight is 455 g/mol. The fourth-order valence-corrected chi connectivity index (χ4v) is 10.7. The Hall–Kier alpha value is -1.12. The van der Waals surface area contributed by atoms with E-state index in [0.717, 1.165) is 38.5 Å². The molecular formula is C30H46O3. The predicted octanol–water partition coefficient (Wildman–Crippen LogP) is 7.44. The summed E-state index contributed by atoms with van der Waals surface area (Å²) >= 11 is 0. The van der Waals surface area contributed by atoms with Crippen molar-refractivity contribution >= 4 is 12.3 Å². The quantitative estimate of drug-likeness (QED) is 0.348. The molecule has 0 bridgehead atoms. The zero-order valence-electron chi connectivity index (χ0n) is 21.9. The van der Waals surface area contributed by atoms with Crippen LogP contribution in [0.25, 0.3) is 0 Å². The van der Waals surface area contributed by atoms with Crippen molar-refractivity contribution in [2.45, 2.75) is 112 Å². The first-order chi connectivity index (χ1) is 15.3. The Labute approximate surface area is 201 Å². The van der Waals surface area contributed by atoms with Gasteiger partial charge in [0.2, 0.25) is 0 Å². The highest BCUT2D eigenvalue weighted by Crippen LogP contribution is 2.75. The summed E-state index contributed by atoms with van der Waals surface area (Å²) in [5, 5.41) is 10.5. The number of carboxylic acids is 1. The third-order valence-corrected chi connectivity index (χ3v) is 12.5. The van der Waals surface area contributed by atoms with Gasteiger partial charge in [0.25, 0.3) is 0 Å². The molecule has 7 atom stereocenters. The van der Waals surface area contributed by atoms with Crippen LogP contribution in [-0.2, 0) is 9.59 Å². The highest BCUT2D eigenvalue weighted by molar-refractivity contribution is 5.79. The molecule has 1 N–H and O–H groups in total. The summed E-state index contributed by atoms with van der Waals surface area (Å²) < 4.78 is 0. The maximum atomic E-state index is 13.3. The van der Waals surface area contributed by atoms with E-state index in [1.54, 1.807) is 0 Å². The van der Waals surface area contributed by atoms with Crippen LogP contribution in [0, 0.1) is 50.2 Å². The first-order valence-corrected chi connectivity index (χ1v) is 13.7. The fourth-order valence-electron chi connectivity index (χ4n) is 10.7. The normalized spacial score (nSPS) is 50.0. The summed E-state index contributed by atoms with van der Waals surface area (Å²) in [7, 11) is 0. The second-order valence-corrected chi connectivity index (χ2v) is 14.8. The zero-order valence-corrected chi connectivity index (χ0v) is 21.9. The summed E-state index contributed by atoms with van der Waals surface area (Å²) in [4.78, 5) is 26.0. The standard InChI is InChI=1S/C30H46O3/c1-25(2)14-15-29(24(32)33)16-17-30(19-31)20(21(29)18-25)8-9-23-27(5)12-7-11-26(3,4)22(27)10-13-28(23,30)6/h8,19,21-23H,7,9-18H2,1-6H3,(H,32,33)/t21-,22?,23-,27+,28-,29+,30+/m1/s1. The van der Waals surface area contributed by atoms with E-state index < -0.39 is 16.8 Å². The minimum atomic E-state index is -0.676. The second kappa shape index (κ2) is 6.97. The average Bonchev–Trinajstić information content (AvgIpc) is 2.72. The summed E-state index contributed by atoms with van der Waals surface area (Å²) in [6, 6.07) is 0. The van der Waals surface area contributed by atoms with Crippen molar-refractivity contribution in [1.82, 2.24) is 0 Å². The molecule has 5 aliphatic rings. The number of rotatable bonds is 2. The maximum absolute atomic E-state index is 13.3. The molecule has 0 heterocycles. The highest BCUT2D eigenvalue weighted by Gasteiger charge is 2.70. The number of aldehydes is 1. The number of carbonyl (C=O) groups is 2. The van der Waals surface area contributed by atoms with Gasteiger partial charge < -0.3 is 9.90 Å². The van der Waals surface area contributed by atoms with E-state index in [4.69, 9.17) is 0 Å². The first-order valence-electron chi connectivity index (χ1n) is 13.7. The van der Waals surface area contributed by atoms with Gasteiger partial charge in [-0.3, -0.25) is 4.79 Å². The van der Waals surface area contributed by atoms with E-state index in [2.05, 4.69) is 47.6 Å². The Kier molecular flexibility index (Phi) is 4.99. The monoisotopic (exact) mass is 454 g/mol. The Balaban J connectivity index is 1.64. The molecule has 184 valence electrons. The van der Waals surface area contributed by atoms with Crippen LogP contribution in [0.4, 0.5) is 0 Å². The van der Waals surface area contributed by atoms with Crippen LogP contribution in [0.2, 0.25) is 0 Å². The Bertz CT molecular complexity index is 898. The van der Waals surface area contributed by atoms with Gasteiger partial charge >= 0.3 is 5.97 Å². The van der Waals surface area contributed by atoms with Crippen LogP contribution in [0.1, 0.15) is 112 Å². The van der Waals surface area contributed by atoms with Gasteiger partial charge in [0, 0.05) is 0 Å². The van der Waals surface area contributed by atoms with Gasteiger partial charge in [0.1, 0.15) is 6.29 Å². The fraction of sp³-hybridized carbons (Fsp3) is 0.867. The van der Waals surface area contributed by atoms with Gasteiger partial charge in [-0.25, -0.2) is 0 Å². The van der Waals surface area contributed by atoms with Crippen LogP contribution in [0.5, 0.6) is 0 Å². The Morgan fingerprint density at radius 2 is 1.64 bits per heavy atom. The minimum Gasteiger partial charge on any atom is -0.481 e. The van der Waals surface area contributed by atoms with Gasteiger partial charge in [-0.2, -0.15) is 0 Å². The molecular weight excluding hydrogens is 408 g/mol. The molecule has 0 aliphatic heterocycles. The highest BCUT2D eigenvalue weighted by atomic mass is 16.4. The molecule has 0 aromatic rings. The van der Waals surface area contributed by atoms with Crippen LogP contribution < -0.4 is 0 Å².